The van der Waals surface area contributed by atoms with Crippen molar-refractivity contribution >= 4 is 17.1 Å². The van der Waals surface area contributed by atoms with Crippen LogP contribution in [0.1, 0.15) is 29.9 Å². The minimum atomic E-state index is -0.432. The molecule has 0 saturated heterocycles. The van der Waals surface area contributed by atoms with Crippen LogP contribution in [0, 0.1) is 10.1 Å². The van der Waals surface area contributed by atoms with Gasteiger partial charge in [0, 0.05) is 30.7 Å². The summed E-state index contributed by atoms with van der Waals surface area (Å²) < 4.78 is 5.39. The first-order valence-corrected chi connectivity index (χ1v) is 8.02. The summed E-state index contributed by atoms with van der Waals surface area (Å²) in [5, 5.41) is 30.3. The number of hydrogen-bond donors (Lipinski definition) is 3. The number of aromatic nitrogens is 1. The molecule has 1 aliphatic carbocycles. The molecule has 1 aromatic carbocycles. The lowest BCUT2D eigenvalue weighted by Gasteiger charge is -2.14. The Kier molecular flexibility index (Phi) is 4.95. The van der Waals surface area contributed by atoms with Crippen LogP contribution in [0.15, 0.2) is 22.7 Å². The van der Waals surface area contributed by atoms with Crippen molar-refractivity contribution in [2.24, 2.45) is 0 Å². The molecule has 0 spiro atoms. The molecular weight excluding hydrogens is 312 g/mol. The number of aliphatic hydroxyl groups is 1. The Morgan fingerprint density at radius 2 is 2.08 bits per heavy atom. The van der Waals surface area contributed by atoms with Crippen LogP contribution in [0.5, 0.6) is 0 Å². The summed E-state index contributed by atoms with van der Waals surface area (Å²) in [5.74, 6) is 0.954. The maximum atomic E-state index is 11.0. The zero-order chi connectivity index (χ0) is 16.9. The standard InChI is InChI=1S/C16H20N4O4/c21-8-7-17-13-6-5-11(20(22)23)9-14(13)18-10-15-12-3-1-2-4-16(12)24-19-15/h5-6,9,17-18,21H,1-4,7-8,10H2. The lowest BCUT2D eigenvalue weighted by Crippen LogP contribution is -2.10. The highest BCUT2D eigenvalue weighted by atomic mass is 16.6. The highest BCUT2D eigenvalue weighted by Gasteiger charge is 2.19. The van der Waals surface area contributed by atoms with Crippen molar-refractivity contribution in [2.45, 2.75) is 32.2 Å². The number of nitrogens with zero attached hydrogens (tertiary/aromatic N) is 2. The molecule has 1 heterocycles. The molecule has 0 radical (unpaired) electrons. The van der Waals surface area contributed by atoms with E-state index in [1.807, 2.05) is 0 Å². The molecular formula is C16H20N4O4. The van der Waals surface area contributed by atoms with Gasteiger partial charge in [-0.15, -0.1) is 0 Å². The number of hydrogen-bond acceptors (Lipinski definition) is 7. The summed E-state index contributed by atoms with van der Waals surface area (Å²) in [6, 6.07) is 4.55. The number of nitrogens with one attached hydrogen (secondary N) is 2. The molecule has 8 heteroatoms. The topological polar surface area (TPSA) is 113 Å². The predicted octanol–water partition coefficient (Wildman–Crippen LogP) is 2.48. The van der Waals surface area contributed by atoms with Crippen LogP contribution in [0.4, 0.5) is 17.1 Å². The van der Waals surface area contributed by atoms with E-state index < -0.39 is 4.92 Å². The molecule has 0 aliphatic heterocycles. The van der Waals surface area contributed by atoms with E-state index in [1.54, 1.807) is 6.07 Å². The molecule has 0 atom stereocenters. The summed E-state index contributed by atoms with van der Waals surface area (Å²) in [6.45, 7) is 0.785. The fraction of sp³-hybridized carbons (Fsp3) is 0.438. The van der Waals surface area contributed by atoms with Gasteiger partial charge in [0.2, 0.25) is 0 Å². The fourth-order valence-corrected chi connectivity index (χ4v) is 2.90. The minimum absolute atomic E-state index is 0.00855. The van der Waals surface area contributed by atoms with Crippen molar-refractivity contribution in [3.05, 3.63) is 45.3 Å². The number of fused-ring (bicyclic) bond motifs is 1. The minimum Gasteiger partial charge on any atom is -0.395 e. The molecule has 0 bridgehead atoms. The smallest absolute Gasteiger partial charge is 0.271 e. The molecule has 1 aromatic heterocycles. The van der Waals surface area contributed by atoms with Crippen LogP contribution in [-0.4, -0.2) is 28.3 Å². The predicted molar refractivity (Wildman–Crippen MR) is 89.1 cm³/mol. The SMILES string of the molecule is O=[N+]([O-])c1ccc(NCCO)c(NCc2noc3c2CCCC3)c1. The van der Waals surface area contributed by atoms with Crippen molar-refractivity contribution < 1.29 is 14.6 Å². The molecule has 128 valence electrons. The van der Waals surface area contributed by atoms with Crippen LogP contribution in [-0.2, 0) is 19.4 Å². The Balaban J connectivity index is 1.78. The first-order valence-electron chi connectivity index (χ1n) is 8.02. The summed E-state index contributed by atoms with van der Waals surface area (Å²) >= 11 is 0. The van der Waals surface area contributed by atoms with Gasteiger partial charge < -0.3 is 20.3 Å². The Hall–Kier alpha value is -2.61. The maximum absolute atomic E-state index is 11.0. The number of benzene rings is 1. The van der Waals surface area contributed by atoms with E-state index in [9.17, 15) is 10.1 Å². The number of non-ortho nitro benzene ring substituents is 1. The van der Waals surface area contributed by atoms with Crippen LogP contribution >= 0.6 is 0 Å². The highest BCUT2D eigenvalue weighted by Crippen LogP contribution is 2.29. The van der Waals surface area contributed by atoms with Crippen molar-refractivity contribution in [3.8, 4) is 0 Å². The lowest BCUT2D eigenvalue weighted by atomic mass is 9.96. The zero-order valence-corrected chi connectivity index (χ0v) is 13.2. The Labute approximate surface area is 139 Å². The number of anilines is 2. The van der Waals surface area contributed by atoms with Crippen LogP contribution in [0.2, 0.25) is 0 Å². The van der Waals surface area contributed by atoms with E-state index in [0.29, 0.717) is 24.5 Å². The van der Waals surface area contributed by atoms with E-state index in [1.165, 1.54) is 12.1 Å². The summed E-state index contributed by atoms with van der Waals surface area (Å²) in [7, 11) is 0. The maximum Gasteiger partial charge on any atom is 0.271 e. The van der Waals surface area contributed by atoms with Crippen molar-refractivity contribution in [1.82, 2.24) is 5.16 Å². The third-order valence-electron chi connectivity index (χ3n) is 4.12. The first-order chi connectivity index (χ1) is 11.7. The molecule has 3 rings (SSSR count). The number of nitro benzene ring substituents is 1. The van der Waals surface area contributed by atoms with Crippen molar-refractivity contribution in [3.63, 3.8) is 0 Å². The molecule has 0 unspecified atom stereocenters. The molecule has 1 aliphatic rings. The monoisotopic (exact) mass is 332 g/mol. The Morgan fingerprint density at radius 3 is 2.88 bits per heavy atom. The van der Waals surface area contributed by atoms with Gasteiger partial charge in [0.1, 0.15) is 11.5 Å². The normalized spacial score (nSPS) is 13.4. The van der Waals surface area contributed by atoms with Gasteiger partial charge in [-0.3, -0.25) is 10.1 Å². The van der Waals surface area contributed by atoms with Crippen molar-refractivity contribution in [2.75, 3.05) is 23.8 Å². The van der Waals surface area contributed by atoms with E-state index in [4.69, 9.17) is 9.63 Å². The number of aryl methyl sites for hydroxylation is 1. The Morgan fingerprint density at radius 1 is 1.25 bits per heavy atom. The molecule has 3 N–H and O–H groups in total. The first kappa shape index (κ1) is 16.3. The molecule has 0 saturated carbocycles. The van der Waals surface area contributed by atoms with Gasteiger partial charge in [0.05, 0.1) is 29.4 Å². The van der Waals surface area contributed by atoms with Gasteiger partial charge in [-0.05, 0) is 25.3 Å². The summed E-state index contributed by atoms with van der Waals surface area (Å²) in [4.78, 5) is 10.6. The quantitative estimate of drug-likeness (QED) is 0.527. The largest absolute Gasteiger partial charge is 0.395 e. The number of aliphatic hydroxyl groups excluding tert-OH is 1. The molecule has 24 heavy (non-hydrogen) atoms. The van der Waals surface area contributed by atoms with Gasteiger partial charge >= 0.3 is 0 Å². The average molecular weight is 332 g/mol. The zero-order valence-electron chi connectivity index (χ0n) is 13.2. The van der Waals surface area contributed by atoms with Gasteiger partial charge in [-0.25, -0.2) is 0 Å². The number of rotatable bonds is 7. The second-order valence-electron chi connectivity index (χ2n) is 5.73. The van der Waals surface area contributed by atoms with Crippen molar-refractivity contribution in [1.29, 1.82) is 0 Å². The highest BCUT2D eigenvalue weighted by molar-refractivity contribution is 5.72. The fourth-order valence-electron chi connectivity index (χ4n) is 2.90. The van der Waals surface area contributed by atoms with Gasteiger partial charge in [0.15, 0.2) is 0 Å². The van der Waals surface area contributed by atoms with E-state index >= 15 is 0 Å². The third-order valence-corrected chi connectivity index (χ3v) is 4.12. The van der Waals surface area contributed by atoms with Crippen LogP contribution in [0.3, 0.4) is 0 Å². The average Bonchev–Trinajstić information content (AvgIpc) is 3.01. The second kappa shape index (κ2) is 7.31. The molecule has 8 nitrogen and oxygen atoms in total. The van der Waals surface area contributed by atoms with Gasteiger partial charge in [-0.1, -0.05) is 5.16 Å². The lowest BCUT2D eigenvalue weighted by molar-refractivity contribution is -0.384. The molecule has 0 fully saturated rings. The Bertz CT molecular complexity index is 729. The van der Waals surface area contributed by atoms with E-state index in [-0.39, 0.29) is 12.3 Å². The number of nitro groups is 1. The molecule has 2 aromatic rings. The summed E-state index contributed by atoms with van der Waals surface area (Å²) in [5.41, 5.74) is 3.32. The van der Waals surface area contributed by atoms with Crippen LogP contribution in [0.25, 0.3) is 0 Å². The summed E-state index contributed by atoms with van der Waals surface area (Å²) in [6.07, 6.45) is 4.12. The second-order valence-corrected chi connectivity index (χ2v) is 5.73. The van der Waals surface area contributed by atoms with Gasteiger partial charge in [0.25, 0.3) is 5.69 Å². The van der Waals surface area contributed by atoms with Crippen LogP contribution < -0.4 is 10.6 Å². The van der Waals surface area contributed by atoms with Gasteiger partial charge in [-0.2, -0.15) is 0 Å². The van der Waals surface area contributed by atoms with E-state index in [0.717, 1.165) is 42.7 Å². The van der Waals surface area contributed by atoms with E-state index in [2.05, 4.69) is 15.8 Å². The third kappa shape index (κ3) is 3.48. The molecule has 0 amide bonds.